The van der Waals surface area contributed by atoms with Gasteiger partial charge in [-0.15, -0.1) is 0 Å². The molecular formula is C19H22N4O8. The topological polar surface area (TPSA) is 171 Å². The van der Waals surface area contributed by atoms with Crippen LogP contribution in [0.5, 0.6) is 0 Å². The third-order valence-corrected chi connectivity index (χ3v) is 4.99. The summed E-state index contributed by atoms with van der Waals surface area (Å²) in [5.74, 6) is -1.91. The Morgan fingerprint density at radius 1 is 1.23 bits per heavy atom. The highest BCUT2D eigenvalue weighted by atomic mass is 16.7. The Hall–Kier alpha value is -3.02. The molecule has 31 heavy (non-hydrogen) atoms. The second-order valence-electron chi connectivity index (χ2n) is 7.02. The van der Waals surface area contributed by atoms with Crippen LogP contribution in [-0.2, 0) is 19.0 Å². The molecule has 12 nitrogen and oxygen atoms in total. The number of aliphatic hydroxyl groups excluding tert-OH is 2. The number of nitrogens with zero attached hydrogens (tertiary/aromatic N) is 4. The van der Waals surface area contributed by atoms with Gasteiger partial charge in [-0.25, -0.2) is 0 Å². The molecule has 0 saturated carbocycles. The van der Waals surface area contributed by atoms with Crippen LogP contribution in [-0.4, -0.2) is 83.3 Å². The van der Waals surface area contributed by atoms with Gasteiger partial charge in [0.25, 0.3) is 11.8 Å². The van der Waals surface area contributed by atoms with Crippen LogP contribution in [0.2, 0.25) is 0 Å². The average molecular weight is 434 g/mol. The lowest BCUT2D eigenvalue weighted by molar-refractivity contribution is -0.280. The third kappa shape index (κ3) is 4.68. The Labute approximate surface area is 176 Å². The fraction of sp³-hybridized carbons (Fsp3) is 0.526. The van der Waals surface area contributed by atoms with E-state index in [-0.39, 0.29) is 30.9 Å². The van der Waals surface area contributed by atoms with Crippen LogP contribution in [0.3, 0.4) is 0 Å². The first-order valence-electron chi connectivity index (χ1n) is 9.61. The van der Waals surface area contributed by atoms with Gasteiger partial charge in [0, 0.05) is 25.0 Å². The minimum atomic E-state index is -1.63. The predicted molar refractivity (Wildman–Crippen MR) is 103 cm³/mol. The minimum Gasteiger partial charge on any atom is -0.463 e. The molecule has 1 aromatic rings. The molecule has 12 heteroatoms. The SMILES string of the molecule is CC(=O)OC[C@H]1O[C@@H](OCCCN=[N+]=[N-])[C@H](N2C(=O)c3ccccc3C2=O)[C@@H](O)[C@@H]1O. The monoisotopic (exact) mass is 434 g/mol. The molecule has 0 aromatic heterocycles. The lowest BCUT2D eigenvalue weighted by Crippen LogP contribution is -2.66. The van der Waals surface area contributed by atoms with E-state index in [1.54, 1.807) is 12.1 Å². The van der Waals surface area contributed by atoms with Gasteiger partial charge in [-0.05, 0) is 24.1 Å². The number of carbonyl (C=O) groups excluding carboxylic acids is 3. The molecule has 1 fully saturated rings. The molecule has 2 aliphatic rings. The second-order valence-corrected chi connectivity index (χ2v) is 7.02. The van der Waals surface area contributed by atoms with Crippen molar-refractivity contribution < 1.29 is 38.8 Å². The fourth-order valence-electron chi connectivity index (χ4n) is 3.52. The van der Waals surface area contributed by atoms with Crippen molar-refractivity contribution in [3.63, 3.8) is 0 Å². The maximum Gasteiger partial charge on any atom is 0.302 e. The molecule has 0 unspecified atom stereocenters. The van der Waals surface area contributed by atoms with Crippen molar-refractivity contribution in [2.75, 3.05) is 19.8 Å². The molecular weight excluding hydrogens is 412 g/mol. The molecule has 0 aliphatic carbocycles. The Morgan fingerprint density at radius 3 is 2.45 bits per heavy atom. The number of benzene rings is 1. The molecule has 1 saturated heterocycles. The number of hydrogen-bond acceptors (Lipinski definition) is 9. The molecule has 5 atom stereocenters. The van der Waals surface area contributed by atoms with Gasteiger partial charge in [-0.2, -0.15) is 0 Å². The van der Waals surface area contributed by atoms with Crippen LogP contribution >= 0.6 is 0 Å². The largest absolute Gasteiger partial charge is 0.463 e. The zero-order valence-electron chi connectivity index (χ0n) is 16.7. The van der Waals surface area contributed by atoms with Crippen LogP contribution in [0, 0.1) is 0 Å². The summed E-state index contributed by atoms with van der Waals surface area (Å²) in [5, 5.41) is 24.7. The normalized spacial score (nSPS) is 27.6. The van der Waals surface area contributed by atoms with E-state index in [0.29, 0.717) is 6.42 Å². The number of amides is 2. The molecule has 1 aromatic carbocycles. The van der Waals surface area contributed by atoms with Crippen LogP contribution in [0.15, 0.2) is 29.4 Å². The van der Waals surface area contributed by atoms with Crippen LogP contribution in [0.25, 0.3) is 10.4 Å². The highest BCUT2D eigenvalue weighted by Crippen LogP contribution is 2.32. The Kier molecular flexibility index (Phi) is 7.21. The molecule has 2 heterocycles. The van der Waals surface area contributed by atoms with E-state index in [2.05, 4.69) is 10.0 Å². The van der Waals surface area contributed by atoms with Gasteiger partial charge in [-0.3, -0.25) is 19.3 Å². The summed E-state index contributed by atoms with van der Waals surface area (Å²) in [5.41, 5.74) is 8.69. The maximum absolute atomic E-state index is 12.9. The molecule has 3 rings (SSSR count). The van der Waals surface area contributed by atoms with Gasteiger partial charge in [-0.1, -0.05) is 17.2 Å². The summed E-state index contributed by atoms with van der Waals surface area (Å²) < 4.78 is 16.2. The summed E-state index contributed by atoms with van der Waals surface area (Å²) in [6.45, 7) is 0.979. The Balaban J connectivity index is 1.84. The van der Waals surface area contributed by atoms with Crippen LogP contribution in [0.4, 0.5) is 0 Å². The highest BCUT2D eigenvalue weighted by molar-refractivity contribution is 6.21. The number of aliphatic hydroxyl groups is 2. The van der Waals surface area contributed by atoms with Crippen molar-refractivity contribution in [1.82, 2.24) is 4.90 Å². The van der Waals surface area contributed by atoms with Gasteiger partial charge in [0.05, 0.1) is 11.1 Å². The Bertz CT molecular complexity index is 868. The molecule has 166 valence electrons. The summed E-state index contributed by atoms with van der Waals surface area (Å²) in [7, 11) is 0. The van der Waals surface area contributed by atoms with Crippen molar-refractivity contribution in [3.8, 4) is 0 Å². The van der Waals surface area contributed by atoms with Gasteiger partial charge in [0.2, 0.25) is 0 Å². The van der Waals surface area contributed by atoms with Crippen molar-refractivity contribution >= 4 is 17.8 Å². The van der Waals surface area contributed by atoms with E-state index in [1.165, 1.54) is 19.1 Å². The van der Waals surface area contributed by atoms with Crippen molar-refractivity contribution in [2.45, 2.75) is 44.0 Å². The van der Waals surface area contributed by atoms with Crippen LogP contribution in [0.1, 0.15) is 34.1 Å². The number of azide groups is 1. The smallest absolute Gasteiger partial charge is 0.302 e. The standard InChI is InChI=1S/C19H22N4O8/c1-10(24)30-9-13-15(25)16(26)14(19(31-13)29-8-4-7-21-22-20)23-17(27)11-5-2-3-6-12(11)18(23)28/h2-3,5-6,13-16,19,25-26H,4,7-9H2,1H3/t13-,14-,15-,16-,19-/m1/s1. The first-order chi connectivity index (χ1) is 14.9. The summed E-state index contributed by atoms with van der Waals surface area (Å²) in [4.78, 5) is 40.4. The molecule has 2 amide bonds. The zero-order valence-corrected chi connectivity index (χ0v) is 16.7. The second kappa shape index (κ2) is 9.86. The van der Waals surface area contributed by atoms with E-state index in [4.69, 9.17) is 19.7 Å². The first kappa shape index (κ1) is 22.7. The number of fused-ring (bicyclic) bond motifs is 1. The van der Waals surface area contributed by atoms with Crippen molar-refractivity contribution in [1.29, 1.82) is 0 Å². The first-order valence-corrected chi connectivity index (χ1v) is 9.61. The van der Waals surface area contributed by atoms with E-state index in [1.807, 2.05) is 0 Å². The van der Waals surface area contributed by atoms with Crippen LogP contribution < -0.4 is 0 Å². The maximum atomic E-state index is 12.9. The average Bonchev–Trinajstić information content (AvgIpc) is 3.00. The fourth-order valence-corrected chi connectivity index (χ4v) is 3.52. The number of rotatable bonds is 8. The van der Waals surface area contributed by atoms with E-state index < -0.39 is 48.4 Å². The van der Waals surface area contributed by atoms with E-state index in [0.717, 1.165) is 4.90 Å². The molecule has 2 N–H and O–H groups in total. The number of imide groups is 1. The third-order valence-electron chi connectivity index (χ3n) is 4.99. The van der Waals surface area contributed by atoms with Gasteiger partial charge < -0.3 is 24.4 Å². The quantitative estimate of drug-likeness (QED) is 0.148. The van der Waals surface area contributed by atoms with Gasteiger partial charge >= 0.3 is 5.97 Å². The number of esters is 1. The van der Waals surface area contributed by atoms with Crippen molar-refractivity contribution in [2.24, 2.45) is 5.11 Å². The number of ether oxygens (including phenoxy) is 3. The van der Waals surface area contributed by atoms with E-state index >= 15 is 0 Å². The molecule has 2 aliphatic heterocycles. The minimum absolute atomic E-state index is 0.0203. The van der Waals surface area contributed by atoms with E-state index in [9.17, 15) is 24.6 Å². The van der Waals surface area contributed by atoms with Crippen molar-refractivity contribution in [3.05, 3.63) is 45.8 Å². The lowest BCUT2D eigenvalue weighted by Gasteiger charge is -2.44. The van der Waals surface area contributed by atoms with Gasteiger partial charge in [0.15, 0.2) is 6.29 Å². The molecule has 0 bridgehead atoms. The Morgan fingerprint density at radius 2 is 1.87 bits per heavy atom. The number of hydrogen-bond donors (Lipinski definition) is 2. The predicted octanol–water partition coefficient (Wildman–Crippen LogP) is 0.378. The molecule has 0 radical (unpaired) electrons. The van der Waals surface area contributed by atoms with Gasteiger partial charge in [0.1, 0.15) is 31.0 Å². The summed E-state index contributed by atoms with van der Waals surface area (Å²) in [6.07, 6.45) is -5.33. The molecule has 0 spiro atoms. The summed E-state index contributed by atoms with van der Waals surface area (Å²) >= 11 is 0. The lowest BCUT2D eigenvalue weighted by atomic mass is 9.95. The zero-order chi connectivity index (χ0) is 22.5. The number of carbonyl (C=O) groups is 3. The summed E-state index contributed by atoms with van der Waals surface area (Å²) in [6, 6.07) is 4.84. The highest BCUT2D eigenvalue weighted by Gasteiger charge is 2.53.